The van der Waals surface area contributed by atoms with Gasteiger partial charge in [-0.05, 0) is 53.0 Å². The fraction of sp³-hybridized carbons (Fsp3) is 0.611. The topological polar surface area (TPSA) is 32.3 Å². The monoisotopic (exact) mass is 290 g/mol. The van der Waals surface area contributed by atoms with E-state index in [-0.39, 0.29) is 11.9 Å². The SMILES string of the molecule is CCN(CC)C(=O)C(C)NC(C)CCc1cccc(C)c1. The van der Waals surface area contributed by atoms with E-state index in [1.807, 2.05) is 25.7 Å². The number of likely N-dealkylation sites (N-methyl/N-ethyl adjacent to an activating group) is 1. The van der Waals surface area contributed by atoms with Crippen LogP contribution in [0.4, 0.5) is 0 Å². The van der Waals surface area contributed by atoms with Crippen molar-refractivity contribution >= 4 is 5.91 Å². The molecular formula is C18H30N2O. The number of amides is 1. The summed E-state index contributed by atoms with van der Waals surface area (Å²) < 4.78 is 0. The number of aryl methyl sites for hydroxylation is 2. The maximum atomic E-state index is 12.2. The zero-order chi connectivity index (χ0) is 15.8. The fourth-order valence-electron chi connectivity index (χ4n) is 2.64. The summed E-state index contributed by atoms with van der Waals surface area (Å²) in [7, 11) is 0. The second-order valence-corrected chi connectivity index (χ2v) is 5.83. The Bertz CT molecular complexity index is 441. The first-order valence-electron chi connectivity index (χ1n) is 8.08. The van der Waals surface area contributed by atoms with Gasteiger partial charge in [0, 0.05) is 19.1 Å². The van der Waals surface area contributed by atoms with Crippen molar-refractivity contribution < 1.29 is 4.79 Å². The van der Waals surface area contributed by atoms with Crippen LogP contribution in [-0.2, 0) is 11.2 Å². The molecule has 3 nitrogen and oxygen atoms in total. The highest BCUT2D eigenvalue weighted by molar-refractivity contribution is 5.81. The quantitative estimate of drug-likeness (QED) is 0.797. The van der Waals surface area contributed by atoms with Crippen LogP contribution in [0.2, 0.25) is 0 Å². The first-order valence-corrected chi connectivity index (χ1v) is 8.08. The Morgan fingerprint density at radius 3 is 2.48 bits per heavy atom. The van der Waals surface area contributed by atoms with E-state index in [1.165, 1.54) is 11.1 Å². The maximum absolute atomic E-state index is 12.2. The number of nitrogens with one attached hydrogen (secondary N) is 1. The van der Waals surface area contributed by atoms with Crippen LogP contribution in [0.15, 0.2) is 24.3 Å². The molecule has 1 amide bonds. The summed E-state index contributed by atoms with van der Waals surface area (Å²) in [5.74, 6) is 0.197. The molecule has 0 bridgehead atoms. The van der Waals surface area contributed by atoms with E-state index in [2.05, 4.69) is 43.4 Å². The van der Waals surface area contributed by atoms with Crippen molar-refractivity contribution in [2.45, 2.75) is 59.5 Å². The van der Waals surface area contributed by atoms with E-state index in [9.17, 15) is 4.79 Å². The number of carbonyl (C=O) groups is 1. The molecule has 3 heteroatoms. The molecule has 0 fully saturated rings. The largest absolute Gasteiger partial charge is 0.342 e. The summed E-state index contributed by atoms with van der Waals surface area (Å²) in [6.45, 7) is 11.8. The highest BCUT2D eigenvalue weighted by Crippen LogP contribution is 2.08. The van der Waals surface area contributed by atoms with Gasteiger partial charge in [-0.25, -0.2) is 0 Å². The van der Waals surface area contributed by atoms with Gasteiger partial charge in [0.15, 0.2) is 0 Å². The van der Waals surface area contributed by atoms with E-state index >= 15 is 0 Å². The minimum absolute atomic E-state index is 0.114. The highest BCUT2D eigenvalue weighted by Gasteiger charge is 2.19. The number of rotatable bonds is 8. The van der Waals surface area contributed by atoms with Gasteiger partial charge in [-0.2, -0.15) is 0 Å². The van der Waals surface area contributed by atoms with Crippen LogP contribution < -0.4 is 5.32 Å². The van der Waals surface area contributed by atoms with Crippen molar-refractivity contribution in [3.8, 4) is 0 Å². The fourth-order valence-corrected chi connectivity index (χ4v) is 2.64. The molecule has 1 aromatic rings. The molecule has 0 radical (unpaired) electrons. The molecule has 0 aromatic heterocycles. The Labute approximate surface area is 129 Å². The molecular weight excluding hydrogens is 260 g/mol. The van der Waals surface area contributed by atoms with Gasteiger partial charge >= 0.3 is 0 Å². The average Bonchev–Trinajstić information content (AvgIpc) is 2.46. The molecule has 0 saturated heterocycles. The Hall–Kier alpha value is -1.35. The van der Waals surface area contributed by atoms with Crippen molar-refractivity contribution in [1.82, 2.24) is 10.2 Å². The van der Waals surface area contributed by atoms with Gasteiger partial charge < -0.3 is 10.2 Å². The lowest BCUT2D eigenvalue weighted by Gasteiger charge is -2.26. The van der Waals surface area contributed by atoms with Gasteiger partial charge in [0.2, 0.25) is 5.91 Å². The predicted octanol–water partition coefficient (Wildman–Crippen LogP) is 3.16. The Kier molecular flexibility index (Phi) is 7.44. The summed E-state index contributed by atoms with van der Waals surface area (Å²) in [6.07, 6.45) is 2.08. The molecule has 1 rings (SSSR count). The standard InChI is InChI=1S/C18H30N2O/c1-6-20(7-2)18(21)16(5)19-15(4)11-12-17-10-8-9-14(3)13-17/h8-10,13,15-16,19H,6-7,11-12H2,1-5H3. The number of hydrogen-bond acceptors (Lipinski definition) is 2. The van der Waals surface area contributed by atoms with Gasteiger partial charge in [0.1, 0.15) is 0 Å². The van der Waals surface area contributed by atoms with Gasteiger partial charge in [0.25, 0.3) is 0 Å². The first-order chi connectivity index (χ1) is 9.97. The second-order valence-electron chi connectivity index (χ2n) is 5.83. The predicted molar refractivity (Wildman–Crippen MR) is 89.5 cm³/mol. The number of hydrogen-bond donors (Lipinski definition) is 1. The van der Waals surface area contributed by atoms with Crippen LogP contribution >= 0.6 is 0 Å². The molecule has 0 spiro atoms. The summed E-state index contributed by atoms with van der Waals surface area (Å²) in [6, 6.07) is 8.85. The van der Waals surface area contributed by atoms with Crippen LogP contribution in [0.25, 0.3) is 0 Å². The van der Waals surface area contributed by atoms with Crippen LogP contribution in [0.5, 0.6) is 0 Å². The number of carbonyl (C=O) groups excluding carboxylic acids is 1. The highest BCUT2D eigenvalue weighted by atomic mass is 16.2. The van der Waals surface area contributed by atoms with Crippen molar-refractivity contribution in [2.24, 2.45) is 0 Å². The molecule has 0 heterocycles. The van der Waals surface area contributed by atoms with Gasteiger partial charge in [0.05, 0.1) is 6.04 Å². The van der Waals surface area contributed by atoms with Crippen LogP contribution in [-0.4, -0.2) is 36.0 Å². The Balaban J connectivity index is 2.42. The van der Waals surface area contributed by atoms with Crippen molar-refractivity contribution in [2.75, 3.05) is 13.1 Å². The van der Waals surface area contributed by atoms with Gasteiger partial charge in [-0.1, -0.05) is 29.8 Å². The number of nitrogens with zero attached hydrogens (tertiary/aromatic N) is 1. The normalized spacial score (nSPS) is 13.8. The third-order valence-electron chi connectivity index (χ3n) is 3.93. The number of benzene rings is 1. The Morgan fingerprint density at radius 1 is 1.24 bits per heavy atom. The van der Waals surface area contributed by atoms with E-state index in [0.717, 1.165) is 25.9 Å². The molecule has 21 heavy (non-hydrogen) atoms. The minimum atomic E-state index is -0.114. The third-order valence-corrected chi connectivity index (χ3v) is 3.93. The molecule has 2 atom stereocenters. The van der Waals surface area contributed by atoms with Crippen LogP contribution in [0.1, 0.15) is 45.2 Å². The zero-order valence-corrected chi connectivity index (χ0v) is 14.1. The molecule has 0 aliphatic rings. The third kappa shape index (κ3) is 5.88. The summed E-state index contributed by atoms with van der Waals surface area (Å²) in [5.41, 5.74) is 2.67. The van der Waals surface area contributed by atoms with Crippen molar-refractivity contribution in [3.05, 3.63) is 35.4 Å². The lowest BCUT2D eigenvalue weighted by Crippen LogP contribution is -2.47. The molecule has 118 valence electrons. The van der Waals surface area contributed by atoms with E-state index in [4.69, 9.17) is 0 Å². The van der Waals surface area contributed by atoms with Crippen molar-refractivity contribution in [1.29, 1.82) is 0 Å². The Morgan fingerprint density at radius 2 is 1.90 bits per heavy atom. The molecule has 0 aliphatic heterocycles. The zero-order valence-electron chi connectivity index (χ0n) is 14.1. The minimum Gasteiger partial charge on any atom is -0.342 e. The van der Waals surface area contributed by atoms with Gasteiger partial charge in [-0.15, -0.1) is 0 Å². The maximum Gasteiger partial charge on any atom is 0.239 e. The van der Waals surface area contributed by atoms with E-state index < -0.39 is 0 Å². The molecule has 1 aromatic carbocycles. The van der Waals surface area contributed by atoms with Crippen LogP contribution in [0, 0.1) is 6.92 Å². The van der Waals surface area contributed by atoms with Crippen LogP contribution in [0.3, 0.4) is 0 Å². The smallest absolute Gasteiger partial charge is 0.239 e. The molecule has 2 unspecified atom stereocenters. The average molecular weight is 290 g/mol. The van der Waals surface area contributed by atoms with E-state index in [1.54, 1.807) is 0 Å². The van der Waals surface area contributed by atoms with Gasteiger partial charge in [-0.3, -0.25) is 4.79 Å². The first kappa shape index (κ1) is 17.7. The molecule has 0 aliphatic carbocycles. The molecule has 0 saturated carbocycles. The lowest BCUT2D eigenvalue weighted by atomic mass is 10.0. The van der Waals surface area contributed by atoms with Crippen molar-refractivity contribution in [3.63, 3.8) is 0 Å². The van der Waals surface area contributed by atoms with E-state index in [0.29, 0.717) is 6.04 Å². The summed E-state index contributed by atoms with van der Waals surface area (Å²) >= 11 is 0. The second kappa shape index (κ2) is 8.83. The summed E-state index contributed by atoms with van der Waals surface area (Å²) in [4.78, 5) is 14.1. The lowest BCUT2D eigenvalue weighted by molar-refractivity contribution is -0.132. The molecule has 1 N–H and O–H groups in total. The summed E-state index contributed by atoms with van der Waals surface area (Å²) in [5, 5.41) is 3.42.